The van der Waals surface area contributed by atoms with Crippen molar-refractivity contribution in [1.29, 1.82) is 0 Å². The lowest BCUT2D eigenvalue weighted by Crippen LogP contribution is -2.25. The molecule has 1 N–H and O–H groups in total. The van der Waals surface area contributed by atoms with Crippen molar-refractivity contribution in [3.63, 3.8) is 0 Å². The van der Waals surface area contributed by atoms with Gasteiger partial charge in [-0.25, -0.2) is 18.1 Å². The van der Waals surface area contributed by atoms with Crippen molar-refractivity contribution in [3.05, 3.63) is 70.2 Å². The Morgan fingerprint density at radius 1 is 1.08 bits per heavy atom. The zero-order valence-electron chi connectivity index (χ0n) is 13.6. The number of aryl methyl sites for hydroxylation is 1. The van der Waals surface area contributed by atoms with Crippen LogP contribution in [-0.2, 0) is 16.4 Å². The van der Waals surface area contributed by atoms with Crippen molar-refractivity contribution in [2.24, 2.45) is 0 Å². The molecule has 0 saturated heterocycles. The maximum atomic E-state index is 12.3. The molecule has 3 rings (SSSR count). The van der Waals surface area contributed by atoms with Crippen LogP contribution in [0.2, 0.25) is 5.02 Å². The molecular weight excluding hydrogens is 376 g/mol. The standard InChI is InChI=1S/C18H17ClN2O2S2/c1-13-17(24-18(21-13)14-5-3-2-4-6-14)11-12-20-25(22,23)16-9-7-15(19)8-10-16/h2-10,20H,11-12H2,1H3. The highest BCUT2D eigenvalue weighted by atomic mass is 35.5. The van der Waals surface area contributed by atoms with E-state index in [1.807, 2.05) is 37.3 Å². The SMILES string of the molecule is Cc1nc(-c2ccccc2)sc1CCNS(=O)(=O)c1ccc(Cl)cc1. The van der Waals surface area contributed by atoms with Crippen molar-refractivity contribution in [2.45, 2.75) is 18.2 Å². The second-order valence-corrected chi connectivity index (χ2v) is 8.78. The minimum absolute atomic E-state index is 0.211. The van der Waals surface area contributed by atoms with Gasteiger partial charge in [0.05, 0.1) is 10.6 Å². The first-order chi connectivity index (χ1) is 12.0. The molecule has 25 heavy (non-hydrogen) atoms. The minimum atomic E-state index is -3.53. The number of nitrogens with zero attached hydrogens (tertiary/aromatic N) is 1. The van der Waals surface area contributed by atoms with Gasteiger partial charge in [0.25, 0.3) is 0 Å². The monoisotopic (exact) mass is 392 g/mol. The molecule has 3 aromatic rings. The predicted octanol–water partition coefficient (Wildman–Crippen LogP) is 4.29. The maximum Gasteiger partial charge on any atom is 0.240 e. The first-order valence-corrected chi connectivity index (χ1v) is 10.4. The highest BCUT2D eigenvalue weighted by Gasteiger charge is 2.14. The number of rotatable bonds is 6. The van der Waals surface area contributed by atoms with Gasteiger partial charge in [0, 0.05) is 22.0 Å². The molecule has 0 atom stereocenters. The average molecular weight is 393 g/mol. The average Bonchev–Trinajstić information content (AvgIpc) is 2.97. The molecule has 0 aliphatic carbocycles. The Balaban J connectivity index is 1.66. The van der Waals surface area contributed by atoms with Crippen LogP contribution in [0.15, 0.2) is 59.5 Å². The third-order valence-electron chi connectivity index (χ3n) is 3.68. The van der Waals surface area contributed by atoms with Crippen LogP contribution in [0.25, 0.3) is 10.6 Å². The summed E-state index contributed by atoms with van der Waals surface area (Å²) >= 11 is 7.39. The quantitative estimate of drug-likeness (QED) is 0.680. The molecule has 1 aromatic heterocycles. The zero-order valence-corrected chi connectivity index (χ0v) is 16.0. The van der Waals surface area contributed by atoms with Crippen molar-refractivity contribution in [1.82, 2.24) is 9.71 Å². The number of sulfonamides is 1. The van der Waals surface area contributed by atoms with Crippen LogP contribution in [-0.4, -0.2) is 19.9 Å². The Morgan fingerprint density at radius 2 is 1.76 bits per heavy atom. The summed E-state index contributed by atoms with van der Waals surface area (Å²) in [5.74, 6) is 0. The lowest BCUT2D eigenvalue weighted by atomic mass is 10.2. The van der Waals surface area contributed by atoms with Crippen molar-refractivity contribution >= 4 is 33.0 Å². The molecule has 0 amide bonds. The van der Waals surface area contributed by atoms with E-state index in [1.54, 1.807) is 23.5 Å². The van der Waals surface area contributed by atoms with E-state index in [2.05, 4.69) is 9.71 Å². The molecule has 0 radical (unpaired) electrons. The van der Waals surface area contributed by atoms with Gasteiger partial charge in [-0.2, -0.15) is 0 Å². The first-order valence-electron chi connectivity index (χ1n) is 7.73. The Kier molecular flexibility index (Phi) is 5.54. The molecule has 0 saturated carbocycles. The van der Waals surface area contributed by atoms with Gasteiger partial charge in [-0.1, -0.05) is 41.9 Å². The van der Waals surface area contributed by atoms with E-state index >= 15 is 0 Å². The van der Waals surface area contributed by atoms with Crippen LogP contribution in [0.1, 0.15) is 10.6 Å². The van der Waals surface area contributed by atoms with Crippen LogP contribution in [0.5, 0.6) is 0 Å². The number of thiazole rings is 1. The summed E-state index contributed by atoms with van der Waals surface area (Å²) in [6.07, 6.45) is 0.600. The summed E-state index contributed by atoms with van der Waals surface area (Å²) in [7, 11) is -3.53. The number of hydrogen-bond acceptors (Lipinski definition) is 4. The summed E-state index contributed by atoms with van der Waals surface area (Å²) in [6.45, 7) is 2.27. The summed E-state index contributed by atoms with van der Waals surface area (Å²) in [4.78, 5) is 5.88. The van der Waals surface area contributed by atoms with E-state index in [9.17, 15) is 8.42 Å². The van der Waals surface area contributed by atoms with Crippen molar-refractivity contribution in [3.8, 4) is 10.6 Å². The van der Waals surface area contributed by atoms with Gasteiger partial charge in [-0.05, 0) is 37.6 Å². The minimum Gasteiger partial charge on any atom is -0.241 e. The van der Waals surface area contributed by atoms with Gasteiger partial charge in [0.2, 0.25) is 10.0 Å². The van der Waals surface area contributed by atoms with Crippen LogP contribution >= 0.6 is 22.9 Å². The fourth-order valence-corrected chi connectivity index (χ4v) is 4.59. The molecule has 0 bridgehead atoms. The smallest absolute Gasteiger partial charge is 0.240 e. The topological polar surface area (TPSA) is 59.1 Å². The molecule has 130 valence electrons. The van der Waals surface area contributed by atoms with E-state index in [4.69, 9.17) is 11.6 Å². The lowest BCUT2D eigenvalue weighted by molar-refractivity contribution is 0.582. The molecule has 0 fully saturated rings. The maximum absolute atomic E-state index is 12.3. The van der Waals surface area contributed by atoms with E-state index < -0.39 is 10.0 Å². The first kappa shape index (κ1) is 18.1. The number of hydrogen-bond donors (Lipinski definition) is 1. The molecule has 0 spiro atoms. The fourth-order valence-electron chi connectivity index (χ4n) is 2.36. The van der Waals surface area contributed by atoms with Gasteiger partial charge in [-0.15, -0.1) is 11.3 Å². The largest absolute Gasteiger partial charge is 0.241 e. The summed E-state index contributed by atoms with van der Waals surface area (Å²) in [5, 5.41) is 1.46. The van der Waals surface area contributed by atoms with Crippen LogP contribution < -0.4 is 4.72 Å². The normalized spacial score (nSPS) is 11.6. The van der Waals surface area contributed by atoms with Gasteiger partial charge >= 0.3 is 0 Å². The van der Waals surface area contributed by atoms with Crippen LogP contribution in [0, 0.1) is 6.92 Å². The molecule has 1 heterocycles. The van der Waals surface area contributed by atoms with E-state index in [-0.39, 0.29) is 4.90 Å². The van der Waals surface area contributed by atoms with E-state index in [1.165, 1.54) is 12.1 Å². The number of aromatic nitrogens is 1. The van der Waals surface area contributed by atoms with Crippen molar-refractivity contribution in [2.75, 3.05) is 6.54 Å². The number of halogens is 1. The predicted molar refractivity (Wildman–Crippen MR) is 103 cm³/mol. The summed E-state index contributed by atoms with van der Waals surface area (Å²) in [6, 6.07) is 16.1. The van der Waals surface area contributed by atoms with Gasteiger partial charge in [-0.3, -0.25) is 0 Å². The Bertz CT molecular complexity index is 953. The highest BCUT2D eigenvalue weighted by molar-refractivity contribution is 7.89. The number of nitrogens with one attached hydrogen (secondary N) is 1. The van der Waals surface area contributed by atoms with E-state index in [0.717, 1.165) is 21.1 Å². The molecule has 2 aromatic carbocycles. The lowest BCUT2D eigenvalue weighted by Gasteiger charge is -2.06. The molecule has 7 heteroatoms. The summed E-state index contributed by atoms with van der Waals surface area (Å²) < 4.78 is 27.2. The Hall–Kier alpha value is -1.73. The molecular formula is C18H17ClN2O2S2. The Morgan fingerprint density at radius 3 is 2.44 bits per heavy atom. The molecule has 4 nitrogen and oxygen atoms in total. The molecule has 0 unspecified atom stereocenters. The van der Waals surface area contributed by atoms with Gasteiger partial charge in [0.15, 0.2) is 0 Å². The van der Waals surface area contributed by atoms with Crippen LogP contribution in [0.3, 0.4) is 0 Å². The summed E-state index contributed by atoms with van der Waals surface area (Å²) in [5.41, 5.74) is 2.01. The third kappa shape index (κ3) is 4.46. The molecule has 0 aliphatic heterocycles. The highest BCUT2D eigenvalue weighted by Crippen LogP contribution is 2.28. The second kappa shape index (κ2) is 7.66. The fraction of sp³-hybridized carbons (Fsp3) is 0.167. The van der Waals surface area contributed by atoms with Crippen molar-refractivity contribution < 1.29 is 8.42 Å². The zero-order chi connectivity index (χ0) is 17.9. The second-order valence-electron chi connectivity index (χ2n) is 5.50. The number of benzene rings is 2. The molecule has 0 aliphatic rings. The third-order valence-corrected chi connectivity index (χ3v) is 6.68. The van der Waals surface area contributed by atoms with Crippen LogP contribution in [0.4, 0.5) is 0 Å². The van der Waals surface area contributed by atoms with Gasteiger partial charge in [0.1, 0.15) is 5.01 Å². The Labute approximate surface area is 156 Å². The van der Waals surface area contributed by atoms with Gasteiger partial charge < -0.3 is 0 Å². The van der Waals surface area contributed by atoms with E-state index in [0.29, 0.717) is 18.0 Å².